The maximum atomic E-state index is 6.32. The highest BCUT2D eigenvalue weighted by Crippen LogP contribution is 2.47. The monoisotopic (exact) mass is 860 g/mol. The largest absolute Gasteiger partial charge is 0.456 e. The van der Waals surface area contributed by atoms with Crippen LogP contribution in [-0.2, 0) is 0 Å². The quantitative estimate of drug-likeness (QED) is 0.152. The zero-order chi connectivity index (χ0) is 44.3. The van der Waals surface area contributed by atoms with Gasteiger partial charge >= 0.3 is 0 Å². The highest BCUT2D eigenvalue weighted by Gasteiger charge is 2.23. The topological polar surface area (TPSA) is 21.3 Å². The lowest BCUT2D eigenvalue weighted by atomic mass is 9.80. The molecule has 10 aromatic carbocycles. The Morgan fingerprint density at radius 1 is 0.403 bits per heavy atom. The molecular weight excluding hydrogens is 813 g/mol. The Bertz CT molecular complexity index is 3770. The van der Waals surface area contributed by atoms with E-state index in [2.05, 4.69) is 228 Å². The molecule has 1 fully saturated rings. The molecular formula is C64H48N2O. The lowest BCUT2D eigenvalue weighted by Crippen LogP contribution is -2.11. The minimum Gasteiger partial charge on any atom is -0.456 e. The van der Waals surface area contributed by atoms with Crippen molar-refractivity contribution in [2.45, 2.75) is 38.0 Å². The number of rotatable bonds is 8. The molecule has 1 saturated carbocycles. The van der Waals surface area contributed by atoms with Crippen LogP contribution in [0.2, 0.25) is 0 Å². The molecule has 0 atom stereocenters. The molecule has 0 amide bonds. The minimum atomic E-state index is 0.576. The van der Waals surface area contributed by atoms with E-state index in [-0.39, 0.29) is 0 Å². The third-order valence-corrected chi connectivity index (χ3v) is 14.4. The number of benzene rings is 10. The maximum Gasteiger partial charge on any atom is 0.136 e. The van der Waals surface area contributed by atoms with E-state index in [1.165, 1.54) is 98.1 Å². The van der Waals surface area contributed by atoms with Crippen LogP contribution in [-0.4, -0.2) is 4.57 Å². The van der Waals surface area contributed by atoms with Gasteiger partial charge in [-0.05, 0) is 130 Å². The predicted octanol–water partition coefficient (Wildman–Crippen LogP) is 18.4. The van der Waals surface area contributed by atoms with Crippen molar-refractivity contribution >= 4 is 71.6 Å². The fourth-order valence-corrected chi connectivity index (χ4v) is 11.3. The van der Waals surface area contributed by atoms with Gasteiger partial charge in [0.1, 0.15) is 11.2 Å². The Hall–Kier alpha value is -8.14. The van der Waals surface area contributed by atoms with Crippen LogP contribution >= 0.6 is 0 Å². The van der Waals surface area contributed by atoms with Crippen LogP contribution in [0.15, 0.2) is 229 Å². The molecule has 1 aliphatic rings. The average Bonchev–Trinajstić information content (AvgIpc) is 3.95. The molecule has 2 aromatic heterocycles. The van der Waals surface area contributed by atoms with E-state index in [4.69, 9.17) is 4.42 Å². The molecule has 0 saturated heterocycles. The van der Waals surface area contributed by atoms with E-state index in [1.54, 1.807) is 0 Å². The van der Waals surface area contributed by atoms with Gasteiger partial charge in [0.2, 0.25) is 0 Å². The summed E-state index contributed by atoms with van der Waals surface area (Å²) in [4.78, 5) is 2.45. The molecule has 0 spiro atoms. The van der Waals surface area contributed by atoms with Crippen molar-refractivity contribution in [3.8, 4) is 39.1 Å². The number of para-hydroxylation sites is 4. The van der Waals surface area contributed by atoms with Gasteiger partial charge < -0.3 is 13.9 Å². The zero-order valence-corrected chi connectivity index (χ0v) is 37.3. The third kappa shape index (κ3) is 6.72. The van der Waals surface area contributed by atoms with Crippen molar-refractivity contribution in [1.29, 1.82) is 0 Å². The SMILES string of the molecule is c1ccc(-n2c3ccccc3c3ccc(-c4ccc(N(c5ccc(-c6cccc7oc8ccccc8c67)cc5)c5ccccc5-c5cccc6cccc(C7CCCCC7)c56)cc4)cc32)cc1. The molecule has 0 N–H and O–H groups in total. The summed E-state index contributed by atoms with van der Waals surface area (Å²) < 4.78 is 8.71. The molecule has 13 rings (SSSR count). The molecule has 12 aromatic rings. The fourth-order valence-electron chi connectivity index (χ4n) is 11.3. The van der Waals surface area contributed by atoms with E-state index in [1.807, 2.05) is 6.07 Å². The van der Waals surface area contributed by atoms with Crippen molar-refractivity contribution in [2.75, 3.05) is 4.90 Å². The molecule has 0 bridgehead atoms. The first-order valence-corrected chi connectivity index (χ1v) is 23.9. The van der Waals surface area contributed by atoms with Crippen molar-refractivity contribution in [2.24, 2.45) is 0 Å². The number of fused-ring (bicyclic) bond motifs is 7. The van der Waals surface area contributed by atoms with Crippen LogP contribution in [0.3, 0.4) is 0 Å². The van der Waals surface area contributed by atoms with Crippen LogP contribution in [0.4, 0.5) is 17.1 Å². The molecule has 0 unspecified atom stereocenters. The second-order valence-electron chi connectivity index (χ2n) is 18.2. The number of aromatic nitrogens is 1. The third-order valence-electron chi connectivity index (χ3n) is 14.4. The lowest BCUT2D eigenvalue weighted by Gasteiger charge is -2.29. The first-order valence-electron chi connectivity index (χ1n) is 23.9. The molecule has 0 aliphatic heterocycles. The summed E-state index contributed by atoms with van der Waals surface area (Å²) >= 11 is 0. The Kier molecular flexibility index (Phi) is 9.60. The summed E-state index contributed by atoms with van der Waals surface area (Å²) in [5.74, 6) is 0.576. The second-order valence-corrected chi connectivity index (χ2v) is 18.2. The molecule has 3 nitrogen and oxygen atoms in total. The van der Waals surface area contributed by atoms with Gasteiger partial charge in [-0.2, -0.15) is 0 Å². The van der Waals surface area contributed by atoms with Gasteiger partial charge in [-0.1, -0.05) is 177 Å². The summed E-state index contributed by atoms with van der Waals surface area (Å²) in [7, 11) is 0. The average molecular weight is 861 g/mol. The van der Waals surface area contributed by atoms with Crippen molar-refractivity contribution in [1.82, 2.24) is 4.57 Å². The standard InChI is InChI=1S/C64H48N2O/c1-3-16-44(17-4-1)51-25-13-18-46-19-14-27-56(63(46)51)54-23-8-10-28-58(54)65(50-39-34-45(35-40-50)52-26-15-31-62-64(52)57-24-9-12-30-61(57)67-62)49-37-32-43(33-38-49)47-36-41-55-53-22-7-11-29-59(53)66(60(55)42-47)48-20-5-2-6-21-48/h2,5-15,18-42,44H,1,3-4,16-17H2. The first kappa shape index (κ1) is 39.2. The van der Waals surface area contributed by atoms with Gasteiger partial charge in [-0.25, -0.2) is 0 Å². The molecule has 1 aliphatic carbocycles. The van der Waals surface area contributed by atoms with E-state index in [9.17, 15) is 0 Å². The first-order chi connectivity index (χ1) is 33.2. The number of anilines is 3. The Balaban J connectivity index is 0.961. The molecule has 2 heterocycles. The van der Waals surface area contributed by atoms with Crippen LogP contribution in [0.5, 0.6) is 0 Å². The number of hydrogen-bond acceptors (Lipinski definition) is 2. The molecule has 320 valence electrons. The normalized spacial score (nSPS) is 13.3. The van der Waals surface area contributed by atoms with E-state index >= 15 is 0 Å². The summed E-state index contributed by atoms with van der Waals surface area (Å²) in [5, 5.41) is 7.49. The molecule has 3 heteroatoms. The zero-order valence-electron chi connectivity index (χ0n) is 37.3. The smallest absolute Gasteiger partial charge is 0.136 e. The highest BCUT2D eigenvalue weighted by atomic mass is 16.3. The highest BCUT2D eigenvalue weighted by molar-refractivity contribution is 6.13. The number of nitrogens with zero attached hydrogens (tertiary/aromatic N) is 2. The summed E-state index contributed by atoms with van der Waals surface area (Å²) in [6.07, 6.45) is 6.45. The summed E-state index contributed by atoms with van der Waals surface area (Å²) in [6.45, 7) is 0. The lowest BCUT2D eigenvalue weighted by molar-refractivity contribution is 0.445. The van der Waals surface area contributed by atoms with Gasteiger partial charge in [0.05, 0.1) is 16.7 Å². The Morgan fingerprint density at radius 3 is 1.84 bits per heavy atom. The van der Waals surface area contributed by atoms with E-state index in [0.29, 0.717) is 5.92 Å². The van der Waals surface area contributed by atoms with Gasteiger partial charge in [0.15, 0.2) is 0 Å². The molecule has 67 heavy (non-hydrogen) atoms. The van der Waals surface area contributed by atoms with Crippen LogP contribution < -0.4 is 4.90 Å². The van der Waals surface area contributed by atoms with Gasteiger partial charge in [0, 0.05) is 44.2 Å². The summed E-state index contributed by atoms with van der Waals surface area (Å²) in [6, 6.07) is 82.3. The maximum absolute atomic E-state index is 6.32. The second kappa shape index (κ2) is 16.4. The van der Waals surface area contributed by atoms with Gasteiger partial charge in [-0.3, -0.25) is 0 Å². The summed E-state index contributed by atoms with van der Waals surface area (Å²) in [5.41, 5.74) is 17.4. The van der Waals surface area contributed by atoms with Crippen molar-refractivity contribution < 1.29 is 4.42 Å². The number of hydrogen-bond donors (Lipinski definition) is 0. The predicted molar refractivity (Wildman–Crippen MR) is 282 cm³/mol. The van der Waals surface area contributed by atoms with Crippen molar-refractivity contribution in [3.05, 3.63) is 230 Å². The number of furan rings is 1. The fraction of sp³-hybridized carbons (Fsp3) is 0.0938. The van der Waals surface area contributed by atoms with Gasteiger partial charge in [-0.15, -0.1) is 0 Å². The van der Waals surface area contributed by atoms with E-state index < -0.39 is 0 Å². The van der Waals surface area contributed by atoms with Crippen LogP contribution in [0, 0.1) is 0 Å². The van der Waals surface area contributed by atoms with Gasteiger partial charge in [0.25, 0.3) is 0 Å². The molecule has 0 radical (unpaired) electrons. The van der Waals surface area contributed by atoms with Crippen LogP contribution in [0.25, 0.3) is 93.6 Å². The van der Waals surface area contributed by atoms with Crippen LogP contribution in [0.1, 0.15) is 43.6 Å². The Morgan fingerprint density at radius 2 is 1.01 bits per heavy atom. The van der Waals surface area contributed by atoms with E-state index in [0.717, 1.165) is 50.3 Å². The van der Waals surface area contributed by atoms with Crippen molar-refractivity contribution in [3.63, 3.8) is 0 Å². The minimum absolute atomic E-state index is 0.576. The Labute approximate surface area is 390 Å².